The molecule has 3 N–H and O–H groups in total. The molecule has 27 heavy (non-hydrogen) atoms. The molecule has 3 rings (SSSR count). The molecule has 0 aliphatic carbocycles. The zero-order chi connectivity index (χ0) is 19.4. The van der Waals surface area contributed by atoms with Crippen molar-refractivity contribution in [2.75, 3.05) is 6.79 Å². The molecule has 1 heterocycles. The summed E-state index contributed by atoms with van der Waals surface area (Å²) in [7, 11) is 0. The summed E-state index contributed by atoms with van der Waals surface area (Å²) < 4.78 is 11.7. The van der Waals surface area contributed by atoms with Crippen LogP contribution in [0, 0.1) is 13.8 Å². The van der Waals surface area contributed by atoms with Gasteiger partial charge in [0.15, 0.2) is 11.5 Å². The average Bonchev–Trinajstić information content (AvgIpc) is 3.09. The molecule has 0 radical (unpaired) electrons. The number of nitrogens with two attached hydrogens (primary N) is 1. The summed E-state index contributed by atoms with van der Waals surface area (Å²) in [6.45, 7) is 9.30. The van der Waals surface area contributed by atoms with Crippen LogP contribution in [0.25, 0.3) is 5.57 Å². The molecule has 1 aliphatic heterocycles. The maximum absolute atomic E-state index is 5.85. The van der Waals surface area contributed by atoms with Crippen LogP contribution in [0.15, 0.2) is 65.4 Å². The van der Waals surface area contributed by atoms with Crippen molar-refractivity contribution in [3.8, 4) is 11.5 Å². The van der Waals surface area contributed by atoms with Crippen molar-refractivity contribution in [2.45, 2.75) is 20.4 Å². The first kappa shape index (κ1) is 19.1. The highest BCUT2D eigenvalue weighted by atomic mass is 79.9. The Morgan fingerprint density at radius 3 is 2.52 bits per heavy atom. The van der Waals surface area contributed by atoms with Crippen molar-refractivity contribution in [3.05, 3.63) is 87.7 Å². The molecular weight excluding hydrogens is 404 g/mol. The number of fused-ring (bicyclic) bond motifs is 1. The Kier molecular flexibility index (Phi) is 5.91. The van der Waals surface area contributed by atoms with Crippen molar-refractivity contribution < 1.29 is 9.47 Å². The summed E-state index contributed by atoms with van der Waals surface area (Å²) in [5, 5.41) is 3.36. The summed E-state index contributed by atoms with van der Waals surface area (Å²) in [6.07, 6.45) is 5.42. The molecule has 1 aliphatic rings. The molecule has 0 atom stereocenters. The number of aryl methyl sites for hydroxylation is 2. The minimum atomic E-state index is 0.238. The third kappa shape index (κ3) is 4.37. The van der Waals surface area contributed by atoms with Crippen LogP contribution >= 0.6 is 15.9 Å². The maximum Gasteiger partial charge on any atom is 0.231 e. The van der Waals surface area contributed by atoms with Crippen LogP contribution in [0.2, 0.25) is 0 Å². The summed E-state index contributed by atoms with van der Waals surface area (Å²) in [5.74, 6) is 1.44. The SMILES string of the molecule is C=C(/C=C\C(=C/N)c1cc2c(cc1Br)OCO2)NCc1c(C)cccc1C. The van der Waals surface area contributed by atoms with Gasteiger partial charge in [-0.05, 0) is 54.3 Å². The second-order valence-electron chi connectivity index (χ2n) is 6.39. The van der Waals surface area contributed by atoms with E-state index in [2.05, 4.69) is 59.9 Å². The average molecular weight is 427 g/mol. The third-order valence-corrected chi connectivity index (χ3v) is 5.21. The van der Waals surface area contributed by atoms with E-state index in [-0.39, 0.29) is 6.79 Å². The van der Waals surface area contributed by atoms with Gasteiger partial charge in [0.25, 0.3) is 0 Å². The lowest BCUT2D eigenvalue weighted by atomic mass is 10.0. The summed E-state index contributed by atoms with van der Waals surface area (Å²) in [5.41, 5.74) is 12.3. The Balaban J connectivity index is 1.70. The van der Waals surface area contributed by atoms with Crippen molar-refractivity contribution in [3.63, 3.8) is 0 Å². The minimum Gasteiger partial charge on any atom is -0.454 e. The van der Waals surface area contributed by atoms with E-state index in [0.717, 1.165) is 33.6 Å². The van der Waals surface area contributed by atoms with Gasteiger partial charge >= 0.3 is 0 Å². The molecule has 0 saturated carbocycles. The summed E-state index contributed by atoms with van der Waals surface area (Å²) >= 11 is 3.57. The zero-order valence-corrected chi connectivity index (χ0v) is 17.1. The summed E-state index contributed by atoms with van der Waals surface area (Å²) in [6, 6.07) is 10.1. The van der Waals surface area contributed by atoms with Gasteiger partial charge in [0.1, 0.15) is 0 Å². The number of rotatable bonds is 6. The van der Waals surface area contributed by atoms with Crippen LogP contribution in [0.3, 0.4) is 0 Å². The van der Waals surface area contributed by atoms with E-state index in [1.165, 1.54) is 16.7 Å². The molecule has 0 spiro atoms. The third-order valence-electron chi connectivity index (χ3n) is 4.55. The number of hydrogen-bond acceptors (Lipinski definition) is 4. The van der Waals surface area contributed by atoms with Crippen LogP contribution in [-0.2, 0) is 6.54 Å². The van der Waals surface area contributed by atoms with Gasteiger partial charge in [-0.25, -0.2) is 0 Å². The number of nitrogens with one attached hydrogen (secondary N) is 1. The number of halogens is 1. The first-order chi connectivity index (χ1) is 13.0. The van der Waals surface area contributed by atoms with Gasteiger partial charge < -0.3 is 20.5 Å². The highest BCUT2D eigenvalue weighted by Crippen LogP contribution is 2.39. The van der Waals surface area contributed by atoms with E-state index in [9.17, 15) is 0 Å². The fourth-order valence-corrected chi connectivity index (χ4v) is 3.50. The fourth-order valence-electron chi connectivity index (χ4n) is 2.95. The van der Waals surface area contributed by atoms with E-state index < -0.39 is 0 Å². The van der Waals surface area contributed by atoms with Crippen LogP contribution in [-0.4, -0.2) is 6.79 Å². The van der Waals surface area contributed by atoms with Crippen molar-refractivity contribution in [2.24, 2.45) is 5.73 Å². The largest absolute Gasteiger partial charge is 0.454 e. The van der Waals surface area contributed by atoms with Crippen molar-refractivity contribution in [1.82, 2.24) is 5.32 Å². The maximum atomic E-state index is 5.85. The molecule has 5 heteroatoms. The fraction of sp³-hybridized carbons (Fsp3) is 0.182. The van der Waals surface area contributed by atoms with Gasteiger partial charge in [-0.3, -0.25) is 0 Å². The first-order valence-electron chi connectivity index (χ1n) is 8.67. The Morgan fingerprint density at radius 1 is 1.19 bits per heavy atom. The molecule has 0 fully saturated rings. The number of hydrogen-bond donors (Lipinski definition) is 2. The van der Waals surface area contributed by atoms with E-state index in [4.69, 9.17) is 15.2 Å². The zero-order valence-electron chi connectivity index (χ0n) is 15.5. The molecule has 0 saturated heterocycles. The van der Waals surface area contributed by atoms with Crippen molar-refractivity contribution in [1.29, 1.82) is 0 Å². The van der Waals surface area contributed by atoms with E-state index in [0.29, 0.717) is 5.75 Å². The Labute approximate surface area is 168 Å². The van der Waals surface area contributed by atoms with Gasteiger partial charge in [0.2, 0.25) is 6.79 Å². The lowest BCUT2D eigenvalue weighted by Crippen LogP contribution is -2.12. The van der Waals surface area contributed by atoms with Gasteiger partial charge in [0, 0.05) is 28.5 Å². The molecule has 0 bridgehead atoms. The monoisotopic (exact) mass is 426 g/mol. The lowest BCUT2D eigenvalue weighted by Gasteiger charge is -2.12. The first-order valence-corrected chi connectivity index (χ1v) is 9.46. The molecule has 4 nitrogen and oxygen atoms in total. The molecule has 0 unspecified atom stereocenters. The number of allylic oxidation sites excluding steroid dienone is 3. The molecule has 0 amide bonds. The Morgan fingerprint density at radius 2 is 1.85 bits per heavy atom. The molecular formula is C22H23BrN2O2. The topological polar surface area (TPSA) is 56.5 Å². The quantitative estimate of drug-likeness (QED) is 0.641. The molecule has 140 valence electrons. The predicted octanol–water partition coefficient (Wildman–Crippen LogP) is 4.95. The Bertz CT molecular complexity index is 912. The second-order valence-corrected chi connectivity index (χ2v) is 7.24. The van der Waals surface area contributed by atoms with Crippen molar-refractivity contribution >= 4 is 21.5 Å². The Hall–Kier alpha value is -2.66. The van der Waals surface area contributed by atoms with Crippen LogP contribution in [0.1, 0.15) is 22.3 Å². The lowest BCUT2D eigenvalue weighted by molar-refractivity contribution is 0.174. The van der Waals surface area contributed by atoms with Crippen LogP contribution < -0.4 is 20.5 Å². The van der Waals surface area contributed by atoms with E-state index in [1.54, 1.807) is 6.20 Å². The molecule has 0 aromatic heterocycles. The van der Waals surface area contributed by atoms with E-state index in [1.807, 2.05) is 24.3 Å². The van der Waals surface area contributed by atoms with Gasteiger partial charge in [0.05, 0.1) is 0 Å². The van der Waals surface area contributed by atoms with Crippen LogP contribution in [0.5, 0.6) is 11.5 Å². The highest BCUT2D eigenvalue weighted by Gasteiger charge is 2.17. The molecule has 2 aromatic carbocycles. The van der Waals surface area contributed by atoms with Gasteiger partial charge in [-0.1, -0.05) is 46.8 Å². The van der Waals surface area contributed by atoms with E-state index >= 15 is 0 Å². The van der Waals surface area contributed by atoms with Crippen LogP contribution in [0.4, 0.5) is 0 Å². The smallest absolute Gasteiger partial charge is 0.231 e. The standard InChI is InChI=1S/C22H23BrN2O2/c1-14-5-4-6-15(2)19(14)12-25-16(3)7-8-17(11-24)18-9-21-22(10-20(18)23)27-13-26-21/h4-11,25H,3,12-13,24H2,1-2H3/b8-7-,17-11+. The van der Waals surface area contributed by atoms with Gasteiger partial charge in [-0.2, -0.15) is 0 Å². The highest BCUT2D eigenvalue weighted by molar-refractivity contribution is 9.10. The molecule has 2 aromatic rings. The minimum absolute atomic E-state index is 0.238. The summed E-state index contributed by atoms with van der Waals surface area (Å²) in [4.78, 5) is 0. The predicted molar refractivity (Wildman–Crippen MR) is 113 cm³/mol. The normalized spacial score (nSPS) is 13.2. The number of benzene rings is 2. The second kappa shape index (κ2) is 8.35. The van der Waals surface area contributed by atoms with Gasteiger partial charge in [-0.15, -0.1) is 0 Å². The number of ether oxygens (including phenoxy) is 2.